The first kappa shape index (κ1) is 27.3. The highest BCUT2D eigenvalue weighted by atomic mass is 19.4. The number of allylic oxidation sites excluding steroid dienone is 1. The van der Waals surface area contributed by atoms with Gasteiger partial charge in [0.2, 0.25) is 5.91 Å². The lowest BCUT2D eigenvalue weighted by atomic mass is 9.83. The molecule has 214 valence electrons. The van der Waals surface area contributed by atoms with Crippen LogP contribution in [0, 0.1) is 11.3 Å². The minimum Gasteiger partial charge on any atom is -0.331 e. The fraction of sp³-hybridized carbons (Fsp3) is 0.300. The first-order valence-electron chi connectivity index (χ1n) is 13.4. The Kier molecular flexibility index (Phi) is 6.60. The molecule has 42 heavy (non-hydrogen) atoms. The second kappa shape index (κ2) is 10.2. The van der Waals surface area contributed by atoms with E-state index in [1.54, 1.807) is 47.1 Å². The van der Waals surface area contributed by atoms with E-state index in [4.69, 9.17) is 0 Å². The largest absolute Gasteiger partial charge is 0.416 e. The number of carbonyl (C=O) groups is 3. The molecule has 3 amide bonds. The highest BCUT2D eigenvalue weighted by Gasteiger charge is 2.46. The first-order chi connectivity index (χ1) is 20.1. The minimum absolute atomic E-state index is 0.0348. The van der Waals surface area contributed by atoms with Crippen LogP contribution in [-0.2, 0) is 35.9 Å². The summed E-state index contributed by atoms with van der Waals surface area (Å²) >= 11 is 0. The summed E-state index contributed by atoms with van der Waals surface area (Å²) in [7, 11) is 1.78. The van der Waals surface area contributed by atoms with Crippen molar-refractivity contribution in [3.8, 4) is 6.07 Å². The SMILES string of the molecule is Cn1ncc2c1CN(C(=O)CN1C(=O)N(c3cccc(C(F)(F)F)c3)C3=C(C(=O)CCC3)[C@H]1c1ccc(C#N)cc1)C2. The summed E-state index contributed by atoms with van der Waals surface area (Å²) in [6.07, 6.45) is -2.03. The molecule has 2 aromatic carbocycles. The molecule has 0 radical (unpaired) electrons. The molecule has 1 aromatic heterocycles. The molecule has 3 aliphatic rings. The van der Waals surface area contributed by atoms with Gasteiger partial charge < -0.3 is 9.80 Å². The van der Waals surface area contributed by atoms with Crippen LogP contribution in [0.3, 0.4) is 0 Å². The van der Waals surface area contributed by atoms with E-state index in [1.807, 2.05) is 6.07 Å². The lowest BCUT2D eigenvalue weighted by Gasteiger charge is -2.45. The van der Waals surface area contributed by atoms with Crippen LogP contribution in [0.2, 0.25) is 0 Å². The quantitative estimate of drug-likeness (QED) is 0.444. The van der Waals surface area contributed by atoms with E-state index in [0.717, 1.165) is 28.3 Å². The average molecular weight is 575 g/mol. The predicted molar refractivity (Wildman–Crippen MR) is 143 cm³/mol. The van der Waals surface area contributed by atoms with Crippen molar-refractivity contribution in [3.63, 3.8) is 0 Å². The number of amides is 3. The molecule has 9 nitrogen and oxygen atoms in total. The number of hydrogen-bond donors (Lipinski definition) is 0. The van der Waals surface area contributed by atoms with E-state index >= 15 is 0 Å². The van der Waals surface area contributed by atoms with Crippen molar-refractivity contribution in [2.45, 2.75) is 44.6 Å². The summed E-state index contributed by atoms with van der Waals surface area (Å²) in [6.45, 7) is 0.179. The average Bonchev–Trinajstić information content (AvgIpc) is 3.55. The van der Waals surface area contributed by atoms with Crippen molar-refractivity contribution in [1.82, 2.24) is 19.6 Å². The molecule has 0 fully saturated rings. The molecule has 1 aliphatic carbocycles. The van der Waals surface area contributed by atoms with Gasteiger partial charge in [-0.25, -0.2) is 4.79 Å². The van der Waals surface area contributed by atoms with Gasteiger partial charge in [-0.05, 0) is 48.7 Å². The summed E-state index contributed by atoms with van der Waals surface area (Å²) in [4.78, 5) is 45.5. The molecule has 0 saturated carbocycles. The molecule has 12 heteroatoms. The molecule has 0 saturated heterocycles. The van der Waals surface area contributed by atoms with E-state index in [2.05, 4.69) is 5.10 Å². The molecule has 0 spiro atoms. The number of benzene rings is 2. The minimum atomic E-state index is -4.64. The molecular formula is C30H25F3N6O3. The van der Waals surface area contributed by atoms with Crippen LogP contribution in [0.15, 0.2) is 66.0 Å². The molecule has 3 heterocycles. The maximum Gasteiger partial charge on any atom is 0.416 e. The Hall–Kier alpha value is -4.92. The van der Waals surface area contributed by atoms with Crippen LogP contribution in [0.5, 0.6) is 0 Å². The van der Waals surface area contributed by atoms with Crippen molar-refractivity contribution < 1.29 is 27.6 Å². The third-order valence-electron chi connectivity index (χ3n) is 8.02. The van der Waals surface area contributed by atoms with Gasteiger partial charge in [-0.3, -0.25) is 19.2 Å². The summed E-state index contributed by atoms with van der Waals surface area (Å²) in [6, 6.07) is 11.2. The number of fused-ring (bicyclic) bond motifs is 1. The molecule has 0 bridgehead atoms. The number of ketones is 1. The Morgan fingerprint density at radius 2 is 1.86 bits per heavy atom. The second-order valence-corrected chi connectivity index (χ2v) is 10.6. The van der Waals surface area contributed by atoms with E-state index in [9.17, 15) is 32.8 Å². The Morgan fingerprint density at radius 1 is 1.10 bits per heavy atom. The Labute approximate surface area is 239 Å². The summed E-state index contributed by atoms with van der Waals surface area (Å²) in [5.74, 6) is -0.623. The highest BCUT2D eigenvalue weighted by Crippen LogP contribution is 2.45. The molecule has 0 unspecified atom stereocenters. The summed E-state index contributed by atoms with van der Waals surface area (Å²) in [5.41, 5.74) is 2.28. The lowest BCUT2D eigenvalue weighted by molar-refractivity contribution is -0.137. The van der Waals surface area contributed by atoms with E-state index in [1.165, 1.54) is 17.0 Å². The van der Waals surface area contributed by atoms with Crippen LogP contribution >= 0.6 is 0 Å². The number of anilines is 1. The van der Waals surface area contributed by atoms with Crippen molar-refractivity contribution in [3.05, 3.63) is 93.9 Å². The molecule has 3 aromatic rings. The molecule has 6 rings (SSSR count). The summed E-state index contributed by atoms with van der Waals surface area (Å²) in [5, 5.41) is 13.5. The zero-order valence-corrected chi connectivity index (χ0v) is 22.6. The Bertz CT molecular complexity index is 1690. The smallest absolute Gasteiger partial charge is 0.331 e. The number of urea groups is 1. The highest BCUT2D eigenvalue weighted by molar-refractivity contribution is 6.07. The van der Waals surface area contributed by atoms with Crippen LogP contribution in [0.25, 0.3) is 0 Å². The topological polar surface area (TPSA) is 103 Å². The summed E-state index contributed by atoms with van der Waals surface area (Å²) < 4.78 is 42.6. The molecule has 2 aliphatic heterocycles. The number of carbonyl (C=O) groups excluding carboxylic acids is 3. The van der Waals surface area contributed by atoms with Crippen LogP contribution in [-0.4, -0.2) is 43.8 Å². The van der Waals surface area contributed by atoms with Gasteiger partial charge in [0.15, 0.2) is 5.78 Å². The van der Waals surface area contributed by atoms with E-state index in [-0.39, 0.29) is 29.4 Å². The zero-order chi connectivity index (χ0) is 29.8. The van der Waals surface area contributed by atoms with Gasteiger partial charge in [-0.1, -0.05) is 18.2 Å². The zero-order valence-electron chi connectivity index (χ0n) is 22.6. The maximum atomic E-state index is 14.3. The third kappa shape index (κ3) is 4.60. The first-order valence-corrected chi connectivity index (χ1v) is 13.4. The fourth-order valence-electron chi connectivity index (χ4n) is 5.94. The van der Waals surface area contributed by atoms with Gasteiger partial charge in [0.1, 0.15) is 6.54 Å². The van der Waals surface area contributed by atoms with Crippen molar-refractivity contribution >= 4 is 23.4 Å². The van der Waals surface area contributed by atoms with Gasteiger partial charge in [-0.2, -0.15) is 23.5 Å². The Balaban J connectivity index is 1.46. The number of rotatable bonds is 4. The van der Waals surface area contributed by atoms with Gasteiger partial charge in [0.05, 0.1) is 47.4 Å². The number of nitrogens with zero attached hydrogens (tertiary/aromatic N) is 6. The van der Waals surface area contributed by atoms with Crippen LogP contribution in [0.4, 0.5) is 23.7 Å². The van der Waals surface area contributed by atoms with Crippen LogP contribution < -0.4 is 4.90 Å². The van der Waals surface area contributed by atoms with Gasteiger partial charge in [0, 0.05) is 36.8 Å². The normalized spacial score (nSPS) is 18.7. The molecular weight excluding hydrogens is 549 g/mol. The van der Waals surface area contributed by atoms with E-state index < -0.39 is 30.4 Å². The number of alkyl halides is 3. The lowest BCUT2D eigenvalue weighted by Crippen LogP contribution is -2.54. The second-order valence-electron chi connectivity index (χ2n) is 10.6. The number of aryl methyl sites for hydroxylation is 1. The number of nitriles is 1. The Morgan fingerprint density at radius 3 is 2.55 bits per heavy atom. The number of Topliss-reactive ketones (excluding diaryl/α,β-unsaturated/α-hetero) is 1. The fourth-order valence-corrected chi connectivity index (χ4v) is 5.94. The van der Waals surface area contributed by atoms with Gasteiger partial charge in [-0.15, -0.1) is 0 Å². The van der Waals surface area contributed by atoms with Crippen LogP contribution in [0.1, 0.15) is 53.3 Å². The van der Waals surface area contributed by atoms with Crippen molar-refractivity contribution in [2.24, 2.45) is 7.05 Å². The van der Waals surface area contributed by atoms with Crippen molar-refractivity contribution in [1.29, 1.82) is 5.26 Å². The predicted octanol–water partition coefficient (Wildman–Crippen LogP) is 4.84. The van der Waals surface area contributed by atoms with Gasteiger partial charge in [0.25, 0.3) is 0 Å². The van der Waals surface area contributed by atoms with Crippen molar-refractivity contribution in [2.75, 3.05) is 11.4 Å². The van der Waals surface area contributed by atoms with E-state index in [0.29, 0.717) is 42.8 Å². The molecule has 1 atom stereocenters. The maximum absolute atomic E-state index is 14.3. The number of hydrogen-bond acceptors (Lipinski definition) is 5. The third-order valence-corrected chi connectivity index (χ3v) is 8.02. The monoisotopic (exact) mass is 574 g/mol. The number of halogens is 3. The standard InChI is InChI=1S/C30H25F3N6O3/c1-36-24-16-37(15-20(24)14-35-36)26(41)17-38-28(19-10-8-18(13-34)9-11-19)27-23(6-3-7-25(27)40)39(29(38)42)22-5-2-4-21(12-22)30(31,32)33/h2,4-5,8-12,14,28H,3,6-7,15-17H2,1H3/t28-/m1/s1. The number of aromatic nitrogens is 2. The van der Waals surface area contributed by atoms with Gasteiger partial charge >= 0.3 is 12.2 Å². The molecule has 0 N–H and O–H groups in total.